The number of benzene rings is 3. The summed E-state index contributed by atoms with van der Waals surface area (Å²) in [5.74, 6) is 1.00. The SMILES string of the molecule is O=C(CCCOc1cccc(-c2ccccc2)c1)c1ccccc1. The predicted octanol–water partition coefficient (Wildman–Crippen LogP) is 5.40. The van der Waals surface area contributed by atoms with E-state index in [0.29, 0.717) is 19.4 Å². The van der Waals surface area contributed by atoms with Gasteiger partial charge in [0.25, 0.3) is 0 Å². The van der Waals surface area contributed by atoms with Crippen molar-refractivity contribution in [3.8, 4) is 16.9 Å². The van der Waals surface area contributed by atoms with Gasteiger partial charge in [0.15, 0.2) is 5.78 Å². The first-order valence-corrected chi connectivity index (χ1v) is 8.19. The van der Waals surface area contributed by atoms with E-state index in [9.17, 15) is 4.79 Å². The highest BCUT2D eigenvalue weighted by Crippen LogP contribution is 2.23. The molecule has 0 atom stereocenters. The lowest BCUT2D eigenvalue weighted by atomic mass is 10.1. The van der Waals surface area contributed by atoms with E-state index in [1.807, 2.05) is 66.7 Å². The molecule has 2 heteroatoms. The second kappa shape index (κ2) is 8.11. The lowest BCUT2D eigenvalue weighted by molar-refractivity contribution is 0.0973. The van der Waals surface area contributed by atoms with E-state index < -0.39 is 0 Å². The van der Waals surface area contributed by atoms with Gasteiger partial charge in [-0.15, -0.1) is 0 Å². The molecule has 2 nitrogen and oxygen atoms in total. The third-order valence-electron chi connectivity index (χ3n) is 3.85. The number of carbonyl (C=O) groups is 1. The van der Waals surface area contributed by atoms with Gasteiger partial charge >= 0.3 is 0 Å². The molecule has 0 spiro atoms. The van der Waals surface area contributed by atoms with Crippen LogP contribution in [0.4, 0.5) is 0 Å². The van der Waals surface area contributed by atoms with Crippen molar-refractivity contribution in [2.45, 2.75) is 12.8 Å². The first kappa shape index (κ1) is 16.0. The number of carbonyl (C=O) groups excluding carboxylic acids is 1. The van der Waals surface area contributed by atoms with Crippen LogP contribution in [0.5, 0.6) is 5.75 Å². The quantitative estimate of drug-likeness (QED) is 0.431. The predicted molar refractivity (Wildman–Crippen MR) is 97.4 cm³/mol. The number of hydrogen-bond donors (Lipinski definition) is 0. The highest BCUT2D eigenvalue weighted by atomic mass is 16.5. The van der Waals surface area contributed by atoms with Crippen LogP contribution >= 0.6 is 0 Å². The Bertz CT molecular complexity index is 779. The van der Waals surface area contributed by atoms with Gasteiger partial charge in [0.05, 0.1) is 6.61 Å². The van der Waals surface area contributed by atoms with Crippen molar-refractivity contribution in [2.75, 3.05) is 6.61 Å². The maximum Gasteiger partial charge on any atom is 0.163 e. The number of ether oxygens (including phenoxy) is 1. The third-order valence-corrected chi connectivity index (χ3v) is 3.85. The number of hydrogen-bond acceptors (Lipinski definition) is 2. The van der Waals surface area contributed by atoms with Gasteiger partial charge in [-0.1, -0.05) is 72.8 Å². The monoisotopic (exact) mass is 316 g/mol. The lowest BCUT2D eigenvalue weighted by Crippen LogP contribution is -2.03. The molecule has 0 saturated heterocycles. The molecule has 3 aromatic rings. The molecule has 0 aromatic heterocycles. The molecule has 0 radical (unpaired) electrons. The molecule has 0 unspecified atom stereocenters. The minimum atomic E-state index is 0.164. The Balaban J connectivity index is 1.51. The molecule has 0 saturated carbocycles. The van der Waals surface area contributed by atoms with Crippen LogP contribution in [0.2, 0.25) is 0 Å². The summed E-state index contributed by atoms with van der Waals surface area (Å²) >= 11 is 0. The topological polar surface area (TPSA) is 26.3 Å². The molecule has 0 aliphatic rings. The second-order valence-corrected chi connectivity index (χ2v) is 5.64. The van der Waals surface area contributed by atoms with Crippen LogP contribution in [0.3, 0.4) is 0 Å². The molecule has 3 aromatic carbocycles. The summed E-state index contributed by atoms with van der Waals surface area (Å²) in [5.41, 5.74) is 3.07. The van der Waals surface area contributed by atoms with E-state index in [4.69, 9.17) is 4.74 Å². The molecule has 0 heterocycles. The standard InChI is InChI=1S/C22H20O2/c23-22(19-11-5-2-6-12-19)15-8-16-24-21-14-7-13-20(17-21)18-9-3-1-4-10-18/h1-7,9-14,17H,8,15-16H2. The molecule has 0 aliphatic carbocycles. The summed E-state index contributed by atoms with van der Waals surface area (Å²) in [6, 6.07) is 27.7. The normalized spacial score (nSPS) is 10.3. The van der Waals surface area contributed by atoms with E-state index in [2.05, 4.69) is 18.2 Å². The van der Waals surface area contributed by atoms with Gasteiger partial charge < -0.3 is 4.74 Å². The van der Waals surface area contributed by atoms with Crippen LogP contribution in [0, 0.1) is 0 Å². The molecule has 120 valence electrons. The Morgan fingerprint density at radius 3 is 2.17 bits per heavy atom. The lowest BCUT2D eigenvalue weighted by Gasteiger charge is -2.08. The second-order valence-electron chi connectivity index (χ2n) is 5.64. The van der Waals surface area contributed by atoms with Crippen LogP contribution in [0.25, 0.3) is 11.1 Å². The van der Waals surface area contributed by atoms with Crippen molar-refractivity contribution < 1.29 is 9.53 Å². The number of rotatable bonds is 7. The molecule has 0 N–H and O–H groups in total. The van der Waals surface area contributed by atoms with Crippen LogP contribution in [0.1, 0.15) is 23.2 Å². The summed E-state index contributed by atoms with van der Waals surface area (Å²) in [4.78, 5) is 12.0. The Labute approximate surface area is 142 Å². The fourth-order valence-corrected chi connectivity index (χ4v) is 2.59. The molecule has 0 fully saturated rings. The minimum Gasteiger partial charge on any atom is -0.494 e. The minimum absolute atomic E-state index is 0.164. The van der Waals surface area contributed by atoms with Crippen molar-refractivity contribution in [3.05, 3.63) is 90.5 Å². The average Bonchev–Trinajstić information content (AvgIpc) is 2.67. The Morgan fingerprint density at radius 2 is 1.42 bits per heavy atom. The van der Waals surface area contributed by atoms with Crippen LogP contribution < -0.4 is 4.74 Å². The van der Waals surface area contributed by atoms with Crippen molar-refractivity contribution in [2.24, 2.45) is 0 Å². The van der Waals surface area contributed by atoms with Gasteiger partial charge in [0, 0.05) is 12.0 Å². The van der Waals surface area contributed by atoms with Gasteiger partial charge in [-0.05, 0) is 29.7 Å². The maximum absolute atomic E-state index is 12.0. The van der Waals surface area contributed by atoms with Crippen molar-refractivity contribution >= 4 is 5.78 Å². The smallest absolute Gasteiger partial charge is 0.163 e. The van der Waals surface area contributed by atoms with Crippen LogP contribution in [-0.4, -0.2) is 12.4 Å². The third kappa shape index (κ3) is 4.32. The van der Waals surface area contributed by atoms with Crippen LogP contribution in [0.15, 0.2) is 84.9 Å². The van der Waals surface area contributed by atoms with Crippen molar-refractivity contribution in [3.63, 3.8) is 0 Å². The van der Waals surface area contributed by atoms with Crippen molar-refractivity contribution in [1.82, 2.24) is 0 Å². The molecule has 0 amide bonds. The van der Waals surface area contributed by atoms with E-state index >= 15 is 0 Å². The van der Waals surface area contributed by atoms with Gasteiger partial charge in [0.2, 0.25) is 0 Å². The fourth-order valence-electron chi connectivity index (χ4n) is 2.59. The highest BCUT2D eigenvalue weighted by Gasteiger charge is 2.05. The zero-order valence-corrected chi connectivity index (χ0v) is 13.5. The van der Waals surface area contributed by atoms with Gasteiger partial charge in [-0.25, -0.2) is 0 Å². The fraction of sp³-hybridized carbons (Fsp3) is 0.136. The molecule has 3 rings (SSSR count). The van der Waals surface area contributed by atoms with Gasteiger partial charge in [-0.3, -0.25) is 4.79 Å². The Morgan fingerprint density at radius 1 is 0.750 bits per heavy atom. The summed E-state index contributed by atoms with van der Waals surface area (Å²) < 4.78 is 5.80. The maximum atomic E-state index is 12.0. The van der Waals surface area contributed by atoms with E-state index in [1.54, 1.807) is 0 Å². The number of ketones is 1. The van der Waals surface area contributed by atoms with Gasteiger partial charge in [-0.2, -0.15) is 0 Å². The van der Waals surface area contributed by atoms with Crippen LogP contribution in [-0.2, 0) is 0 Å². The summed E-state index contributed by atoms with van der Waals surface area (Å²) in [7, 11) is 0. The van der Waals surface area contributed by atoms with E-state index in [0.717, 1.165) is 16.9 Å². The highest BCUT2D eigenvalue weighted by molar-refractivity contribution is 5.95. The van der Waals surface area contributed by atoms with E-state index in [1.165, 1.54) is 5.56 Å². The molecular weight excluding hydrogens is 296 g/mol. The first-order chi connectivity index (χ1) is 11.8. The average molecular weight is 316 g/mol. The summed E-state index contributed by atoms with van der Waals surface area (Å²) in [6.07, 6.45) is 1.21. The van der Waals surface area contributed by atoms with E-state index in [-0.39, 0.29) is 5.78 Å². The molecular formula is C22H20O2. The van der Waals surface area contributed by atoms with Gasteiger partial charge in [0.1, 0.15) is 5.75 Å². The van der Waals surface area contributed by atoms with Crippen molar-refractivity contribution in [1.29, 1.82) is 0 Å². The summed E-state index contributed by atoms with van der Waals surface area (Å²) in [5, 5.41) is 0. The first-order valence-electron chi connectivity index (χ1n) is 8.19. The molecule has 0 aliphatic heterocycles. The number of Topliss-reactive ketones (excluding diaryl/α,β-unsaturated/α-hetero) is 1. The Kier molecular flexibility index (Phi) is 5.41. The molecule has 0 bridgehead atoms. The molecule has 24 heavy (non-hydrogen) atoms. The largest absolute Gasteiger partial charge is 0.494 e. The zero-order chi connectivity index (χ0) is 16.6. The summed E-state index contributed by atoms with van der Waals surface area (Å²) in [6.45, 7) is 0.539. The zero-order valence-electron chi connectivity index (χ0n) is 13.5. The Hall–Kier alpha value is -2.87.